The summed E-state index contributed by atoms with van der Waals surface area (Å²) in [6, 6.07) is 4.10. The second-order valence-corrected chi connectivity index (χ2v) is 7.50. The van der Waals surface area contributed by atoms with Gasteiger partial charge in [-0.3, -0.25) is 0 Å². The van der Waals surface area contributed by atoms with Crippen molar-refractivity contribution in [3.05, 3.63) is 28.3 Å². The largest absolute Gasteiger partial charge is 0.489 e. The van der Waals surface area contributed by atoms with Gasteiger partial charge in [-0.2, -0.15) is 0 Å². The molecule has 2 saturated carbocycles. The summed E-state index contributed by atoms with van der Waals surface area (Å²) >= 11 is 6.33. The van der Waals surface area contributed by atoms with Crippen LogP contribution in [0.2, 0.25) is 5.02 Å². The lowest BCUT2D eigenvalue weighted by molar-refractivity contribution is -0.152. The van der Waals surface area contributed by atoms with Crippen LogP contribution in [-0.4, -0.2) is 17.3 Å². The highest BCUT2D eigenvalue weighted by atomic mass is 35.5. The molecular formula is C18H25ClO2. The topological polar surface area (TPSA) is 29.5 Å². The maximum absolute atomic E-state index is 10.2. The summed E-state index contributed by atoms with van der Waals surface area (Å²) in [6.07, 6.45) is 5.38. The van der Waals surface area contributed by atoms with Crippen LogP contribution >= 0.6 is 11.6 Å². The predicted molar refractivity (Wildman–Crippen MR) is 86.2 cm³/mol. The average molecular weight is 309 g/mol. The van der Waals surface area contributed by atoms with Crippen LogP contribution in [0.3, 0.4) is 0 Å². The number of aliphatic hydroxyl groups is 1. The Bertz CT molecular complexity index is 532. The number of benzene rings is 1. The van der Waals surface area contributed by atoms with E-state index in [1.54, 1.807) is 0 Å². The van der Waals surface area contributed by atoms with E-state index in [9.17, 15) is 5.11 Å². The maximum Gasteiger partial charge on any atom is 0.123 e. The molecule has 2 nitrogen and oxygen atoms in total. The van der Waals surface area contributed by atoms with E-state index in [-0.39, 0.29) is 17.6 Å². The minimum atomic E-state index is -0.179. The minimum absolute atomic E-state index is 0.0179. The molecule has 3 rings (SSSR count). The molecule has 1 N–H and O–H groups in total. The number of halogens is 1. The molecule has 1 aromatic carbocycles. The number of rotatable bonds is 3. The molecule has 0 amide bonds. The lowest BCUT2D eigenvalue weighted by Gasteiger charge is -2.51. The predicted octanol–water partition coefficient (Wildman–Crippen LogP) is 4.84. The Labute approximate surface area is 132 Å². The van der Waals surface area contributed by atoms with Crippen molar-refractivity contribution in [1.82, 2.24) is 0 Å². The minimum Gasteiger partial charge on any atom is -0.489 e. The lowest BCUT2D eigenvalue weighted by atomic mass is 9.62. The SMILES string of the molecule is Cc1cc(Cl)c(C(C)C)cc1OC1CC(O)C12CCCC2. The smallest absolute Gasteiger partial charge is 0.123 e. The van der Waals surface area contributed by atoms with E-state index in [2.05, 4.69) is 19.9 Å². The first kappa shape index (κ1) is 15.2. The summed E-state index contributed by atoms with van der Waals surface area (Å²) < 4.78 is 6.32. The van der Waals surface area contributed by atoms with Crippen LogP contribution in [0.4, 0.5) is 0 Å². The third kappa shape index (κ3) is 2.47. The van der Waals surface area contributed by atoms with Crippen LogP contribution in [0.25, 0.3) is 0 Å². The van der Waals surface area contributed by atoms with Crippen LogP contribution in [0, 0.1) is 12.3 Å². The van der Waals surface area contributed by atoms with E-state index >= 15 is 0 Å². The van der Waals surface area contributed by atoms with Crippen molar-refractivity contribution in [3.63, 3.8) is 0 Å². The molecular weight excluding hydrogens is 284 g/mol. The molecule has 0 heterocycles. The van der Waals surface area contributed by atoms with E-state index in [0.29, 0.717) is 5.92 Å². The van der Waals surface area contributed by atoms with Gasteiger partial charge < -0.3 is 9.84 Å². The van der Waals surface area contributed by atoms with Gasteiger partial charge in [-0.1, -0.05) is 38.3 Å². The Morgan fingerprint density at radius 1 is 1.29 bits per heavy atom. The van der Waals surface area contributed by atoms with Gasteiger partial charge in [0.1, 0.15) is 11.9 Å². The summed E-state index contributed by atoms with van der Waals surface area (Å²) in [5.74, 6) is 1.32. The van der Waals surface area contributed by atoms with Crippen molar-refractivity contribution in [2.75, 3.05) is 0 Å². The van der Waals surface area contributed by atoms with Gasteiger partial charge in [0, 0.05) is 16.9 Å². The van der Waals surface area contributed by atoms with E-state index in [1.165, 1.54) is 12.8 Å². The quantitative estimate of drug-likeness (QED) is 0.865. The van der Waals surface area contributed by atoms with Gasteiger partial charge in [-0.25, -0.2) is 0 Å². The van der Waals surface area contributed by atoms with Crippen LogP contribution < -0.4 is 4.74 Å². The number of hydrogen-bond acceptors (Lipinski definition) is 2. The first-order valence-corrected chi connectivity index (χ1v) is 8.46. The van der Waals surface area contributed by atoms with Gasteiger partial charge in [-0.15, -0.1) is 0 Å². The second-order valence-electron chi connectivity index (χ2n) is 7.09. The highest BCUT2D eigenvalue weighted by molar-refractivity contribution is 6.31. The van der Waals surface area contributed by atoms with Gasteiger partial charge in [0.15, 0.2) is 0 Å². The van der Waals surface area contributed by atoms with E-state index in [4.69, 9.17) is 16.3 Å². The van der Waals surface area contributed by atoms with Crippen LogP contribution in [-0.2, 0) is 0 Å². The zero-order chi connectivity index (χ0) is 15.2. The summed E-state index contributed by atoms with van der Waals surface area (Å²) in [6.45, 7) is 6.33. The number of aryl methyl sites for hydroxylation is 1. The number of hydrogen-bond donors (Lipinski definition) is 1. The third-order valence-corrected chi connectivity index (χ3v) is 5.79. The summed E-state index contributed by atoms with van der Waals surface area (Å²) in [4.78, 5) is 0. The third-order valence-electron chi connectivity index (χ3n) is 5.46. The van der Waals surface area contributed by atoms with Gasteiger partial charge in [0.2, 0.25) is 0 Å². The molecule has 0 aromatic heterocycles. The standard InChI is InChI=1S/C18H25ClO2/c1-11(2)13-9-15(12(3)8-14(13)19)21-17-10-16(20)18(17)6-4-5-7-18/h8-9,11,16-17,20H,4-7,10H2,1-3H3. The fourth-order valence-corrected chi connectivity index (χ4v) is 4.41. The molecule has 1 spiro atoms. The molecule has 2 aliphatic carbocycles. The number of aliphatic hydroxyl groups excluding tert-OH is 1. The highest BCUT2D eigenvalue weighted by Crippen LogP contribution is 2.55. The molecule has 0 bridgehead atoms. The fourth-order valence-electron chi connectivity index (χ4n) is 3.97. The fraction of sp³-hybridized carbons (Fsp3) is 0.667. The van der Waals surface area contributed by atoms with Gasteiger partial charge >= 0.3 is 0 Å². The molecule has 0 saturated heterocycles. The normalized spacial score (nSPS) is 27.1. The highest BCUT2D eigenvalue weighted by Gasteiger charge is 2.57. The Morgan fingerprint density at radius 2 is 1.95 bits per heavy atom. The lowest BCUT2D eigenvalue weighted by Crippen LogP contribution is -2.58. The molecule has 3 heteroatoms. The molecule has 2 fully saturated rings. The second kappa shape index (κ2) is 5.48. The first-order chi connectivity index (χ1) is 9.94. The van der Waals surface area contributed by atoms with Crippen LogP contribution in [0.15, 0.2) is 12.1 Å². The van der Waals surface area contributed by atoms with Crippen molar-refractivity contribution in [3.8, 4) is 5.75 Å². The zero-order valence-electron chi connectivity index (χ0n) is 13.2. The average Bonchev–Trinajstić information content (AvgIpc) is 2.93. The molecule has 0 radical (unpaired) electrons. The van der Waals surface area contributed by atoms with Gasteiger partial charge in [-0.05, 0) is 48.9 Å². The zero-order valence-corrected chi connectivity index (χ0v) is 13.9. The Morgan fingerprint density at radius 3 is 2.52 bits per heavy atom. The monoisotopic (exact) mass is 308 g/mol. The Balaban J connectivity index is 1.84. The van der Waals surface area contributed by atoms with Crippen molar-refractivity contribution in [2.24, 2.45) is 5.41 Å². The van der Waals surface area contributed by atoms with Crippen molar-refractivity contribution in [1.29, 1.82) is 0 Å². The summed E-state index contributed by atoms with van der Waals surface area (Å²) in [5.41, 5.74) is 2.24. The molecule has 2 atom stereocenters. The first-order valence-electron chi connectivity index (χ1n) is 8.09. The molecule has 116 valence electrons. The Kier molecular flexibility index (Phi) is 3.96. The van der Waals surface area contributed by atoms with Gasteiger partial charge in [0.25, 0.3) is 0 Å². The molecule has 2 unspecified atom stereocenters. The summed E-state index contributed by atoms with van der Waals surface area (Å²) in [5, 5.41) is 11.0. The number of ether oxygens (including phenoxy) is 1. The van der Waals surface area contributed by atoms with Crippen LogP contribution in [0.5, 0.6) is 5.75 Å². The molecule has 1 aromatic rings. The van der Waals surface area contributed by atoms with Crippen molar-refractivity contribution < 1.29 is 9.84 Å². The van der Waals surface area contributed by atoms with Crippen LogP contribution in [0.1, 0.15) is 63.0 Å². The summed E-state index contributed by atoms with van der Waals surface area (Å²) in [7, 11) is 0. The van der Waals surface area contributed by atoms with Crippen molar-refractivity contribution in [2.45, 2.75) is 71.0 Å². The molecule has 0 aliphatic heterocycles. The Hall–Kier alpha value is -0.730. The maximum atomic E-state index is 10.2. The van der Waals surface area contributed by atoms with E-state index in [0.717, 1.165) is 41.2 Å². The van der Waals surface area contributed by atoms with Gasteiger partial charge in [0.05, 0.1) is 6.10 Å². The molecule has 21 heavy (non-hydrogen) atoms. The molecule has 2 aliphatic rings. The van der Waals surface area contributed by atoms with E-state index in [1.807, 2.05) is 13.0 Å². The van der Waals surface area contributed by atoms with E-state index < -0.39 is 0 Å². The van der Waals surface area contributed by atoms with Crippen molar-refractivity contribution >= 4 is 11.6 Å².